The first-order chi connectivity index (χ1) is 6.39. The summed E-state index contributed by atoms with van der Waals surface area (Å²) in [7, 11) is -3.80. The van der Waals surface area contributed by atoms with E-state index in [0.29, 0.717) is 8.81 Å². The first-order valence-electron chi connectivity index (χ1n) is 3.56. The third-order valence-electron chi connectivity index (χ3n) is 1.42. The van der Waals surface area contributed by atoms with Crippen LogP contribution in [0.15, 0.2) is 14.1 Å². The molecule has 1 N–H and O–H groups in total. The molecule has 0 saturated heterocycles. The minimum absolute atomic E-state index is 0.00449. The van der Waals surface area contributed by atoms with Crippen LogP contribution < -0.4 is 0 Å². The first-order valence-corrected chi connectivity index (χ1v) is 6.98. The van der Waals surface area contributed by atoms with Crippen LogP contribution in [-0.2, 0) is 10.0 Å². The predicted molar refractivity (Wildman–Crippen MR) is 58.4 cm³/mol. The lowest BCUT2D eigenvalue weighted by molar-refractivity contribution is 0.00882. The summed E-state index contributed by atoms with van der Waals surface area (Å²) < 4.78 is 23.9. The van der Waals surface area contributed by atoms with Crippen LogP contribution in [0.25, 0.3) is 0 Å². The van der Waals surface area contributed by atoms with Crippen molar-refractivity contribution < 1.29 is 13.6 Å². The van der Waals surface area contributed by atoms with Crippen LogP contribution in [0.3, 0.4) is 0 Å². The van der Waals surface area contributed by atoms with Crippen LogP contribution in [0.2, 0.25) is 5.02 Å². The molecule has 0 spiro atoms. The highest BCUT2D eigenvalue weighted by molar-refractivity contribution is 9.11. The van der Waals surface area contributed by atoms with Gasteiger partial charge in [0, 0.05) is 6.54 Å². The van der Waals surface area contributed by atoms with E-state index in [2.05, 4.69) is 15.9 Å². The average Bonchev–Trinajstić information content (AvgIpc) is 2.46. The van der Waals surface area contributed by atoms with Crippen LogP contribution >= 0.6 is 38.9 Å². The molecule has 0 aliphatic heterocycles. The van der Waals surface area contributed by atoms with E-state index in [9.17, 15) is 8.42 Å². The number of thiophene rings is 1. The maximum absolute atomic E-state index is 11.5. The highest BCUT2D eigenvalue weighted by Gasteiger charge is 2.24. The number of halogens is 2. The zero-order valence-corrected chi connectivity index (χ0v) is 11.0. The molecule has 0 radical (unpaired) electrons. The second-order valence-electron chi connectivity index (χ2n) is 2.33. The molecule has 1 rings (SSSR count). The third kappa shape index (κ3) is 2.29. The van der Waals surface area contributed by atoms with Crippen LogP contribution in [0.4, 0.5) is 0 Å². The van der Waals surface area contributed by atoms with Crippen LogP contribution in [0, 0.1) is 0 Å². The van der Waals surface area contributed by atoms with Gasteiger partial charge in [0.25, 0.3) is 10.0 Å². The van der Waals surface area contributed by atoms with Crippen molar-refractivity contribution in [2.45, 2.75) is 11.1 Å². The maximum Gasteiger partial charge on any atom is 0.274 e. The van der Waals surface area contributed by atoms with Gasteiger partial charge in [0.2, 0.25) is 0 Å². The quantitative estimate of drug-likeness (QED) is 0.871. The zero-order chi connectivity index (χ0) is 10.9. The summed E-state index contributed by atoms with van der Waals surface area (Å²) in [5.74, 6) is 0. The smallest absolute Gasteiger partial charge is 0.274 e. The summed E-state index contributed by atoms with van der Waals surface area (Å²) in [6, 6.07) is 1.30. The summed E-state index contributed by atoms with van der Waals surface area (Å²) in [4.78, 5) is 0. The van der Waals surface area contributed by atoms with Gasteiger partial charge < -0.3 is 0 Å². The number of hydrogen-bond donors (Lipinski definition) is 1. The summed E-state index contributed by atoms with van der Waals surface area (Å²) in [6.45, 7) is 1.53. The Hall–Kier alpha value is 0.340. The topological polar surface area (TPSA) is 57.6 Å². The normalized spacial score (nSPS) is 12.4. The lowest BCUT2D eigenvalue weighted by atomic mass is 10.7. The van der Waals surface area contributed by atoms with Gasteiger partial charge in [0.05, 0.1) is 8.81 Å². The van der Waals surface area contributed by atoms with Gasteiger partial charge in [0.15, 0.2) is 0 Å². The summed E-state index contributed by atoms with van der Waals surface area (Å²) in [6.07, 6.45) is 0. The van der Waals surface area contributed by atoms with Crippen molar-refractivity contribution in [1.82, 2.24) is 4.47 Å². The number of hydrogen-bond acceptors (Lipinski definition) is 4. The fraction of sp³-hybridized carbons (Fsp3) is 0.333. The summed E-state index contributed by atoms with van der Waals surface area (Å²) in [5.41, 5.74) is 0. The van der Waals surface area contributed by atoms with Gasteiger partial charge in [0.1, 0.15) is 4.21 Å². The SMILES string of the molecule is CCN(O)S(=O)(=O)c1cc(Cl)c(Br)s1. The van der Waals surface area contributed by atoms with E-state index in [0.717, 1.165) is 11.3 Å². The number of nitrogens with zero attached hydrogens (tertiary/aromatic N) is 1. The fourth-order valence-corrected chi connectivity index (χ4v) is 4.29. The van der Waals surface area contributed by atoms with Gasteiger partial charge in [-0.25, -0.2) is 8.42 Å². The van der Waals surface area contributed by atoms with Crippen molar-refractivity contribution in [3.8, 4) is 0 Å². The standard InChI is InChI=1S/C6H7BrClNO3S2/c1-2-9(10)14(11,12)5-3-4(8)6(7)13-5/h3,10H,2H2,1H3. The molecule has 0 atom stereocenters. The van der Waals surface area contributed by atoms with E-state index < -0.39 is 10.0 Å². The molecule has 80 valence electrons. The van der Waals surface area contributed by atoms with E-state index in [1.54, 1.807) is 0 Å². The molecule has 0 aliphatic carbocycles. The van der Waals surface area contributed by atoms with Crippen LogP contribution in [0.5, 0.6) is 0 Å². The van der Waals surface area contributed by atoms with Crippen molar-refractivity contribution in [2.24, 2.45) is 0 Å². The monoisotopic (exact) mass is 319 g/mol. The number of sulfonamides is 1. The van der Waals surface area contributed by atoms with Crippen molar-refractivity contribution >= 4 is 48.9 Å². The average molecular weight is 321 g/mol. The molecule has 0 aromatic carbocycles. The second kappa shape index (κ2) is 4.46. The molecule has 0 unspecified atom stereocenters. The predicted octanol–water partition coefficient (Wildman–Crippen LogP) is 2.56. The Bertz CT molecular complexity index is 411. The zero-order valence-electron chi connectivity index (χ0n) is 7.07. The van der Waals surface area contributed by atoms with Gasteiger partial charge in [-0.1, -0.05) is 16.1 Å². The molecule has 1 heterocycles. The lowest BCUT2D eigenvalue weighted by Gasteiger charge is -2.10. The van der Waals surface area contributed by atoms with Gasteiger partial charge >= 0.3 is 0 Å². The van der Waals surface area contributed by atoms with E-state index >= 15 is 0 Å². The highest BCUT2D eigenvalue weighted by Crippen LogP contribution is 2.35. The van der Waals surface area contributed by atoms with Gasteiger partial charge in [-0.3, -0.25) is 5.21 Å². The minimum Gasteiger partial charge on any atom is -0.299 e. The molecular weight excluding hydrogens is 314 g/mol. The Morgan fingerprint density at radius 3 is 2.64 bits per heavy atom. The van der Waals surface area contributed by atoms with Crippen LogP contribution in [0.1, 0.15) is 6.92 Å². The number of hydroxylamine groups is 1. The van der Waals surface area contributed by atoms with Crippen molar-refractivity contribution in [3.63, 3.8) is 0 Å². The first kappa shape index (κ1) is 12.4. The Balaban J connectivity index is 3.17. The van der Waals surface area contributed by atoms with Crippen LogP contribution in [-0.4, -0.2) is 24.6 Å². The molecule has 1 aromatic heterocycles. The number of rotatable bonds is 3. The van der Waals surface area contributed by atoms with Gasteiger partial charge in [-0.2, -0.15) is 0 Å². The molecule has 1 aromatic rings. The maximum atomic E-state index is 11.5. The minimum atomic E-state index is -3.80. The van der Waals surface area contributed by atoms with E-state index in [1.807, 2.05) is 0 Å². The molecule has 0 amide bonds. The molecular formula is C6H7BrClNO3S2. The second-order valence-corrected chi connectivity index (χ2v) is 7.18. The lowest BCUT2D eigenvalue weighted by Crippen LogP contribution is -2.26. The largest absolute Gasteiger partial charge is 0.299 e. The molecule has 0 aliphatic rings. The van der Waals surface area contributed by atoms with E-state index in [1.165, 1.54) is 13.0 Å². The van der Waals surface area contributed by atoms with Gasteiger partial charge in [-0.15, -0.1) is 11.3 Å². The van der Waals surface area contributed by atoms with Gasteiger partial charge in [-0.05, 0) is 28.9 Å². The Morgan fingerprint density at radius 2 is 2.29 bits per heavy atom. The Kier molecular flexibility index (Phi) is 3.95. The molecule has 0 saturated carbocycles. The summed E-state index contributed by atoms with van der Waals surface area (Å²) in [5, 5.41) is 9.45. The van der Waals surface area contributed by atoms with Crippen molar-refractivity contribution in [1.29, 1.82) is 0 Å². The Labute approximate surface area is 99.2 Å². The van der Waals surface area contributed by atoms with Crippen molar-refractivity contribution in [2.75, 3.05) is 6.54 Å². The Morgan fingerprint density at radius 1 is 1.71 bits per heavy atom. The van der Waals surface area contributed by atoms with E-state index in [4.69, 9.17) is 16.8 Å². The highest BCUT2D eigenvalue weighted by atomic mass is 79.9. The fourth-order valence-electron chi connectivity index (χ4n) is 0.728. The molecule has 4 nitrogen and oxygen atoms in total. The van der Waals surface area contributed by atoms with Crippen molar-refractivity contribution in [3.05, 3.63) is 14.9 Å². The molecule has 14 heavy (non-hydrogen) atoms. The molecule has 8 heteroatoms. The molecule has 0 bridgehead atoms. The third-order valence-corrected chi connectivity index (χ3v) is 6.02. The summed E-state index contributed by atoms with van der Waals surface area (Å²) >= 11 is 9.74. The molecule has 0 fully saturated rings. The van der Waals surface area contributed by atoms with E-state index in [-0.39, 0.29) is 15.2 Å².